The van der Waals surface area contributed by atoms with Crippen molar-refractivity contribution in [1.82, 2.24) is 0 Å². The van der Waals surface area contributed by atoms with Crippen LogP contribution in [0.5, 0.6) is 0 Å². The Labute approximate surface area is 196 Å². The van der Waals surface area contributed by atoms with Gasteiger partial charge in [0.05, 0.1) is 11.4 Å². The van der Waals surface area contributed by atoms with Crippen LogP contribution in [-0.2, 0) is 21.5 Å². The zero-order valence-corrected chi connectivity index (χ0v) is 20.5. The molecule has 0 aliphatic heterocycles. The molecule has 178 valence electrons. The Morgan fingerprint density at radius 2 is 1.75 bits per heavy atom. The van der Waals surface area contributed by atoms with Gasteiger partial charge in [0, 0.05) is 21.2 Å². The average molecular weight is 513 g/mol. The Morgan fingerprint density at radius 3 is 2.28 bits per heavy atom. The molecule has 0 atom stereocenters. The van der Waals surface area contributed by atoms with Crippen molar-refractivity contribution in [3.63, 3.8) is 0 Å². The molecule has 0 amide bonds. The number of sulfonamides is 1. The van der Waals surface area contributed by atoms with E-state index in [2.05, 4.69) is 5.16 Å². The van der Waals surface area contributed by atoms with Crippen LogP contribution < -0.4 is 4.72 Å². The quantitative estimate of drug-likeness (QED) is 0.315. The van der Waals surface area contributed by atoms with E-state index >= 15 is 0 Å². The lowest BCUT2D eigenvalue weighted by Gasteiger charge is -2.18. The normalized spacial score (nSPS) is 12.3. The fourth-order valence-corrected chi connectivity index (χ4v) is 3.48. The van der Waals surface area contributed by atoms with E-state index in [1.54, 1.807) is 43.7 Å². The zero-order chi connectivity index (χ0) is 24.7. The molecule has 0 saturated heterocycles. The summed E-state index contributed by atoms with van der Waals surface area (Å²) in [7, 11) is -5.59. The summed E-state index contributed by atoms with van der Waals surface area (Å²) >= 11 is 11.9. The van der Waals surface area contributed by atoms with Crippen molar-refractivity contribution in [2.24, 2.45) is 11.1 Å². The van der Waals surface area contributed by atoms with Gasteiger partial charge in [-0.15, -0.1) is 0 Å². The summed E-state index contributed by atoms with van der Waals surface area (Å²) in [5.74, 6) is -0.290. The van der Waals surface area contributed by atoms with Crippen LogP contribution in [-0.4, -0.2) is 19.6 Å². The number of halogens is 5. The minimum Gasteiger partial charge on any atom is -0.391 e. The predicted molar refractivity (Wildman–Crippen MR) is 124 cm³/mol. The summed E-state index contributed by atoms with van der Waals surface area (Å²) in [6.45, 7) is 9.21. The van der Waals surface area contributed by atoms with Gasteiger partial charge in [0.2, 0.25) is 0 Å². The molecule has 0 unspecified atom stereocenters. The SMILES string of the molecule is CC.Cc1ccc(NS(=O)(=O)C(F)(F)F)c(/C(=N/OCc2ccc(Cl)cc2Cl)C(C)C)c1. The van der Waals surface area contributed by atoms with Crippen molar-refractivity contribution in [2.45, 2.75) is 46.7 Å². The van der Waals surface area contributed by atoms with Crippen LogP contribution in [0.1, 0.15) is 44.4 Å². The third-order valence-electron chi connectivity index (χ3n) is 3.94. The number of rotatable bonds is 7. The van der Waals surface area contributed by atoms with Crippen LogP contribution >= 0.6 is 23.2 Å². The van der Waals surface area contributed by atoms with Gasteiger partial charge in [-0.05, 0) is 37.1 Å². The highest BCUT2D eigenvalue weighted by molar-refractivity contribution is 7.93. The van der Waals surface area contributed by atoms with Crippen molar-refractivity contribution in [2.75, 3.05) is 4.72 Å². The van der Waals surface area contributed by atoms with Crippen LogP contribution in [0, 0.1) is 12.8 Å². The lowest BCUT2D eigenvalue weighted by atomic mass is 9.97. The highest BCUT2D eigenvalue weighted by Gasteiger charge is 2.46. The van der Waals surface area contributed by atoms with Crippen LogP contribution in [0.15, 0.2) is 41.6 Å². The standard InChI is InChI=1S/C19H19Cl2F3N2O3S.C2H6/c1-11(2)18(25-29-10-13-5-6-14(20)9-16(13)21)15-8-12(3)4-7-17(15)26-30(27,28)19(22,23)24;1-2/h4-9,11,26H,10H2,1-3H3;1-2H3/b25-18+;. The maximum absolute atomic E-state index is 12.8. The number of hydrogen-bond acceptors (Lipinski definition) is 4. The van der Waals surface area contributed by atoms with E-state index in [-0.39, 0.29) is 29.5 Å². The van der Waals surface area contributed by atoms with E-state index in [0.717, 1.165) is 0 Å². The van der Waals surface area contributed by atoms with Gasteiger partial charge in [-0.1, -0.05) is 73.7 Å². The van der Waals surface area contributed by atoms with Gasteiger partial charge in [-0.25, -0.2) is 0 Å². The van der Waals surface area contributed by atoms with Crippen molar-refractivity contribution < 1.29 is 26.4 Å². The van der Waals surface area contributed by atoms with E-state index in [1.165, 1.54) is 18.2 Å². The first-order valence-corrected chi connectivity index (χ1v) is 11.9. The predicted octanol–water partition coefficient (Wildman–Crippen LogP) is 7.17. The second-order valence-electron chi connectivity index (χ2n) is 6.74. The third kappa shape index (κ3) is 7.56. The molecule has 0 heterocycles. The smallest absolute Gasteiger partial charge is 0.391 e. The summed E-state index contributed by atoms with van der Waals surface area (Å²) in [4.78, 5) is 5.37. The number of alkyl halides is 3. The molecule has 5 nitrogen and oxygen atoms in total. The number of aryl methyl sites for hydroxylation is 1. The van der Waals surface area contributed by atoms with Crippen molar-refractivity contribution in [1.29, 1.82) is 0 Å². The van der Waals surface area contributed by atoms with Gasteiger partial charge in [-0.3, -0.25) is 4.72 Å². The molecule has 2 rings (SSSR count). The third-order valence-corrected chi connectivity index (χ3v) is 5.63. The van der Waals surface area contributed by atoms with Crippen LogP contribution in [0.2, 0.25) is 10.0 Å². The molecule has 0 bridgehead atoms. The van der Waals surface area contributed by atoms with Crippen LogP contribution in [0.4, 0.5) is 18.9 Å². The first-order chi connectivity index (χ1) is 14.8. The topological polar surface area (TPSA) is 67.8 Å². The molecule has 0 aromatic heterocycles. The van der Waals surface area contributed by atoms with Crippen LogP contribution in [0.25, 0.3) is 0 Å². The van der Waals surface area contributed by atoms with Gasteiger partial charge in [0.15, 0.2) is 0 Å². The van der Waals surface area contributed by atoms with E-state index in [1.807, 2.05) is 13.8 Å². The highest BCUT2D eigenvalue weighted by Crippen LogP contribution is 2.29. The Bertz CT molecular complexity index is 1060. The number of nitrogens with one attached hydrogen (secondary N) is 1. The Morgan fingerprint density at radius 1 is 1.12 bits per heavy atom. The number of anilines is 1. The summed E-state index contributed by atoms with van der Waals surface area (Å²) in [6, 6.07) is 9.10. The maximum Gasteiger partial charge on any atom is 0.516 e. The highest BCUT2D eigenvalue weighted by atomic mass is 35.5. The second-order valence-corrected chi connectivity index (χ2v) is 9.26. The first-order valence-electron chi connectivity index (χ1n) is 9.65. The average Bonchev–Trinajstić information content (AvgIpc) is 2.68. The molecule has 32 heavy (non-hydrogen) atoms. The number of nitrogens with zero attached hydrogens (tertiary/aromatic N) is 1. The summed E-state index contributed by atoms with van der Waals surface area (Å²) in [5, 5.41) is 4.88. The molecule has 0 fully saturated rings. The van der Waals surface area contributed by atoms with Gasteiger partial charge in [-0.2, -0.15) is 21.6 Å². The fourth-order valence-electron chi connectivity index (χ4n) is 2.44. The Kier molecular flexibility index (Phi) is 10.3. The first kappa shape index (κ1) is 28.1. The minimum absolute atomic E-state index is 0.0123. The van der Waals surface area contributed by atoms with Crippen molar-refractivity contribution in [3.8, 4) is 0 Å². The number of benzene rings is 2. The Hall–Kier alpha value is -1.97. The maximum atomic E-state index is 12.8. The second kappa shape index (κ2) is 11.8. The molecule has 2 aromatic carbocycles. The molecule has 11 heteroatoms. The largest absolute Gasteiger partial charge is 0.516 e. The van der Waals surface area contributed by atoms with E-state index in [4.69, 9.17) is 28.0 Å². The monoisotopic (exact) mass is 512 g/mol. The molecule has 0 aliphatic carbocycles. The van der Waals surface area contributed by atoms with Crippen molar-refractivity contribution >= 4 is 44.6 Å². The van der Waals surface area contributed by atoms with Crippen LogP contribution in [0.3, 0.4) is 0 Å². The molecular weight excluding hydrogens is 488 g/mol. The van der Waals surface area contributed by atoms with Gasteiger partial charge in [0.25, 0.3) is 0 Å². The molecule has 2 aromatic rings. The van der Waals surface area contributed by atoms with Gasteiger partial charge in [0.1, 0.15) is 6.61 Å². The Balaban J connectivity index is 0.00000249. The zero-order valence-electron chi connectivity index (χ0n) is 18.2. The van der Waals surface area contributed by atoms with Gasteiger partial charge >= 0.3 is 15.5 Å². The molecule has 0 radical (unpaired) electrons. The molecule has 0 spiro atoms. The molecule has 0 aliphatic rings. The lowest BCUT2D eigenvalue weighted by molar-refractivity contribution is -0.0429. The van der Waals surface area contributed by atoms with E-state index < -0.39 is 15.5 Å². The summed E-state index contributed by atoms with van der Waals surface area (Å²) in [5.41, 5.74) is -3.95. The molecular formula is C21H25Cl2F3N2O3S. The number of hydrogen-bond donors (Lipinski definition) is 1. The van der Waals surface area contributed by atoms with Crippen molar-refractivity contribution in [3.05, 3.63) is 63.1 Å². The summed E-state index contributed by atoms with van der Waals surface area (Å²) < 4.78 is 63.2. The van der Waals surface area contributed by atoms with Gasteiger partial charge < -0.3 is 4.84 Å². The van der Waals surface area contributed by atoms with E-state index in [0.29, 0.717) is 21.2 Å². The minimum atomic E-state index is -5.59. The number of oxime groups is 1. The summed E-state index contributed by atoms with van der Waals surface area (Å²) in [6.07, 6.45) is 0. The van der Waals surface area contributed by atoms with E-state index in [9.17, 15) is 21.6 Å². The molecule has 0 saturated carbocycles. The lowest BCUT2D eigenvalue weighted by Crippen LogP contribution is -2.30. The molecule has 1 N–H and O–H groups in total. The fraction of sp³-hybridized carbons (Fsp3) is 0.381.